The normalized spacial score (nSPS) is 21.2. The van der Waals surface area contributed by atoms with Crippen molar-refractivity contribution in [3.63, 3.8) is 0 Å². The van der Waals surface area contributed by atoms with Gasteiger partial charge in [-0.05, 0) is 25.0 Å². The number of fused-ring (bicyclic) bond motifs is 1. The molecule has 132 valence electrons. The molecule has 0 bridgehead atoms. The Bertz CT molecular complexity index is 1330. The first-order valence-electron chi connectivity index (χ1n) is 11.9. The van der Waals surface area contributed by atoms with Crippen LogP contribution < -0.4 is 4.74 Å². The van der Waals surface area contributed by atoms with Crippen LogP contribution in [0.25, 0.3) is 11.0 Å². The number of hydrogen-bond donors (Lipinski definition) is 1. The van der Waals surface area contributed by atoms with Gasteiger partial charge in [-0.2, -0.15) is 13.2 Å². The SMILES string of the molecule is [2H]c1c([2H])c([2H])c2[nH]c(S(=O)C([2H])([2H])c3nccc(OC([2H])([2H])C(F)(F)F)c3C([2H])([2H])[2H])nc2c1[2H]. The highest BCUT2D eigenvalue weighted by molar-refractivity contribution is 7.84. The summed E-state index contributed by atoms with van der Waals surface area (Å²) in [6, 6.07) is -1.98. The maximum atomic E-state index is 13.2. The predicted octanol–water partition coefficient (Wildman–Crippen LogP) is 3.52. The van der Waals surface area contributed by atoms with Crippen LogP contribution >= 0.6 is 0 Å². The van der Waals surface area contributed by atoms with Gasteiger partial charge in [-0.3, -0.25) is 9.19 Å². The molecule has 0 amide bonds. The molecule has 0 spiro atoms. The lowest BCUT2D eigenvalue weighted by molar-refractivity contribution is -0.153. The molecule has 0 aliphatic rings. The number of benzene rings is 1. The van der Waals surface area contributed by atoms with Crippen LogP contribution in [0.5, 0.6) is 5.75 Å². The molecule has 0 aliphatic heterocycles. The Kier molecular flexibility index (Phi) is 2.27. The number of aromatic amines is 1. The quantitative estimate of drug-likeness (QED) is 0.735. The first-order valence-corrected chi connectivity index (χ1v) is 7.50. The molecule has 9 heteroatoms. The van der Waals surface area contributed by atoms with Gasteiger partial charge < -0.3 is 9.72 Å². The Morgan fingerprint density at radius 2 is 2.24 bits per heavy atom. The molecule has 1 unspecified atom stereocenters. The van der Waals surface area contributed by atoms with Gasteiger partial charge in [0.15, 0.2) is 11.7 Å². The number of ether oxygens (including phenoxy) is 1. The number of H-pyrrole nitrogens is 1. The molecule has 2 heterocycles. The first kappa shape index (κ1) is 8.31. The van der Waals surface area contributed by atoms with Gasteiger partial charge in [-0.15, -0.1) is 0 Å². The number of alkyl halides is 3. The highest BCUT2D eigenvalue weighted by Gasteiger charge is 2.29. The number of halogens is 3. The van der Waals surface area contributed by atoms with Gasteiger partial charge in [0.1, 0.15) is 5.75 Å². The van der Waals surface area contributed by atoms with Gasteiger partial charge in [0.25, 0.3) is 0 Å². The second-order valence-corrected chi connectivity index (χ2v) is 5.50. The van der Waals surface area contributed by atoms with Gasteiger partial charge in [-0.25, -0.2) is 4.98 Å². The van der Waals surface area contributed by atoms with Crippen molar-refractivity contribution in [3.05, 3.63) is 47.7 Å². The van der Waals surface area contributed by atoms with Crippen molar-refractivity contribution >= 4 is 21.8 Å². The molecule has 1 N–H and O–H groups in total. The minimum Gasteiger partial charge on any atom is -0.484 e. The van der Waals surface area contributed by atoms with E-state index in [2.05, 4.69) is 19.7 Å². The Labute approximate surface area is 159 Å². The van der Waals surface area contributed by atoms with E-state index < -0.39 is 82.4 Å². The van der Waals surface area contributed by atoms with Gasteiger partial charge in [-0.1, -0.05) is 12.1 Å². The zero-order chi connectivity index (χ0) is 27.6. The van der Waals surface area contributed by atoms with Crippen molar-refractivity contribution in [2.24, 2.45) is 0 Å². The number of aromatic nitrogens is 3. The van der Waals surface area contributed by atoms with Crippen molar-refractivity contribution in [1.29, 1.82) is 0 Å². The third kappa shape index (κ3) is 4.16. The Balaban J connectivity index is 2.20. The second-order valence-electron chi connectivity index (χ2n) is 4.37. The highest BCUT2D eigenvalue weighted by atomic mass is 32.2. The zero-order valence-corrected chi connectivity index (χ0v) is 12.7. The molecular formula is C16H14F3N3O2S. The topological polar surface area (TPSA) is 67.9 Å². The van der Waals surface area contributed by atoms with E-state index in [9.17, 15) is 17.4 Å². The smallest absolute Gasteiger partial charge is 0.422 e. The highest BCUT2D eigenvalue weighted by Crippen LogP contribution is 2.24. The fraction of sp³-hybridized carbons (Fsp3) is 0.250. The maximum Gasteiger partial charge on any atom is 0.422 e. The van der Waals surface area contributed by atoms with Gasteiger partial charge in [0.2, 0.25) is 0 Å². The van der Waals surface area contributed by atoms with Crippen LogP contribution in [0.1, 0.15) is 26.3 Å². The molecule has 0 saturated heterocycles. The van der Waals surface area contributed by atoms with Crippen LogP contribution in [0.3, 0.4) is 0 Å². The molecular weight excluding hydrogens is 355 g/mol. The monoisotopic (exact) mass is 380 g/mol. The maximum absolute atomic E-state index is 13.2. The lowest BCUT2D eigenvalue weighted by atomic mass is 10.2. The Hall–Kier alpha value is -2.42. The van der Waals surface area contributed by atoms with Gasteiger partial charge >= 0.3 is 6.18 Å². The van der Waals surface area contributed by atoms with Crippen molar-refractivity contribution < 1.29 is 37.2 Å². The molecule has 3 rings (SSSR count). The summed E-state index contributed by atoms with van der Waals surface area (Å²) in [6.07, 6.45) is -4.95. The molecule has 0 radical (unpaired) electrons. The minimum atomic E-state index is -5.59. The molecule has 3 aromatic rings. The largest absolute Gasteiger partial charge is 0.484 e. The molecule has 0 saturated carbocycles. The standard InChI is InChI=1S/C16H14F3N3O2S/c1-10-13(20-7-6-14(10)24-9-16(17,18)19)8-25(23)15-21-11-4-2-3-5-12(11)22-15/h2-7H,8-9H2,1H3,(H,21,22)/i1D3,2D,3D,4D,5D,8D2,9D2. The van der Waals surface area contributed by atoms with Gasteiger partial charge in [0.05, 0.1) is 41.5 Å². The lowest BCUT2D eigenvalue weighted by Crippen LogP contribution is -2.19. The Morgan fingerprint density at radius 1 is 1.44 bits per heavy atom. The summed E-state index contributed by atoms with van der Waals surface area (Å²) in [5.41, 5.74) is -6.42. The average Bonchev–Trinajstić information content (AvgIpc) is 3.19. The Morgan fingerprint density at radius 3 is 3.00 bits per heavy atom. The van der Waals surface area contributed by atoms with Crippen LogP contribution in [0.4, 0.5) is 13.2 Å². The minimum absolute atomic E-state index is 0.320. The number of nitrogens with one attached hydrogen (secondary N) is 1. The third-order valence-corrected chi connectivity index (χ3v) is 3.59. The van der Waals surface area contributed by atoms with E-state index in [4.69, 9.17) is 15.1 Å². The van der Waals surface area contributed by atoms with E-state index in [0.717, 1.165) is 0 Å². The van der Waals surface area contributed by atoms with E-state index in [1.165, 1.54) is 0 Å². The van der Waals surface area contributed by atoms with Crippen LogP contribution in [0.15, 0.2) is 41.6 Å². The summed E-state index contributed by atoms with van der Waals surface area (Å²) in [5, 5.41) is -0.739. The molecule has 5 nitrogen and oxygen atoms in total. The lowest BCUT2D eigenvalue weighted by Gasteiger charge is -2.13. The fourth-order valence-electron chi connectivity index (χ4n) is 1.66. The van der Waals surface area contributed by atoms with E-state index >= 15 is 0 Å². The number of hydrogen-bond acceptors (Lipinski definition) is 4. The molecule has 1 aromatic carbocycles. The van der Waals surface area contributed by atoms with E-state index in [1.807, 2.05) is 0 Å². The van der Waals surface area contributed by atoms with E-state index in [-0.39, 0.29) is 11.0 Å². The number of rotatable bonds is 5. The summed E-state index contributed by atoms with van der Waals surface area (Å²) in [7, 11) is -3.01. The predicted molar refractivity (Wildman–Crippen MR) is 86.7 cm³/mol. The van der Waals surface area contributed by atoms with E-state index in [1.54, 1.807) is 0 Å². The summed E-state index contributed by atoms with van der Waals surface area (Å²) in [5.74, 6) is -1.22. The molecule has 25 heavy (non-hydrogen) atoms. The summed E-state index contributed by atoms with van der Waals surface area (Å²) < 4.78 is 141. The summed E-state index contributed by atoms with van der Waals surface area (Å²) in [6.45, 7) is -7.78. The van der Waals surface area contributed by atoms with Crippen LogP contribution in [-0.4, -0.2) is 31.9 Å². The average molecular weight is 380 g/mol. The number of nitrogens with zero attached hydrogens (tertiary/aromatic N) is 2. The molecule has 2 aromatic heterocycles. The summed E-state index contributed by atoms with van der Waals surface area (Å²) in [4.78, 5) is 9.61. The summed E-state index contributed by atoms with van der Waals surface area (Å²) >= 11 is 0. The number of pyridine rings is 1. The van der Waals surface area contributed by atoms with Crippen molar-refractivity contribution in [2.75, 3.05) is 6.56 Å². The first-order chi connectivity index (χ1) is 16.2. The van der Waals surface area contributed by atoms with Crippen molar-refractivity contribution in [2.45, 2.75) is 23.9 Å². The number of para-hydroxylation sites is 2. The van der Waals surface area contributed by atoms with Crippen molar-refractivity contribution in [3.8, 4) is 5.75 Å². The van der Waals surface area contributed by atoms with E-state index in [0.29, 0.717) is 12.3 Å². The number of imidazole rings is 1. The van der Waals surface area contributed by atoms with Gasteiger partial charge in [0, 0.05) is 18.6 Å². The van der Waals surface area contributed by atoms with Crippen LogP contribution in [0, 0.1) is 6.85 Å². The fourth-order valence-corrected chi connectivity index (χ4v) is 2.46. The van der Waals surface area contributed by atoms with Crippen LogP contribution in [0.2, 0.25) is 0 Å². The molecule has 0 fully saturated rings. The molecule has 0 aliphatic carbocycles. The molecule has 1 atom stereocenters. The van der Waals surface area contributed by atoms with Crippen LogP contribution in [-0.2, 0) is 16.5 Å². The second kappa shape index (κ2) is 6.83. The third-order valence-electron chi connectivity index (χ3n) is 2.67. The zero-order valence-electron chi connectivity index (χ0n) is 22.9. The van der Waals surface area contributed by atoms with Crippen molar-refractivity contribution in [1.82, 2.24) is 15.0 Å².